The SMILES string of the molecule is CC(=O)O[C@@]12CC[C@H](N(C)C(=O)C#Cc3ccccc3)[C@@H]3Oc4c(O)ccc5c4[C@@]31CCN(CC1CC1)[C@@H]2C5. The fourth-order valence-electron chi connectivity index (χ4n) is 8.17. The summed E-state index contributed by atoms with van der Waals surface area (Å²) < 4.78 is 13.2. The van der Waals surface area contributed by atoms with Crippen LogP contribution in [0.25, 0.3) is 0 Å². The maximum absolute atomic E-state index is 13.4. The van der Waals surface area contributed by atoms with E-state index in [2.05, 4.69) is 16.7 Å². The minimum atomic E-state index is -0.779. The van der Waals surface area contributed by atoms with Crippen molar-refractivity contribution in [1.29, 1.82) is 0 Å². The molecule has 1 saturated heterocycles. The molecule has 2 saturated carbocycles. The van der Waals surface area contributed by atoms with Gasteiger partial charge in [-0.2, -0.15) is 0 Å². The number of hydrogen-bond acceptors (Lipinski definition) is 6. The minimum absolute atomic E-state index is 0.0321. The van der Waals surface area contributed by atoms with Crippen molar-refractivity contribution in [2.45, 2.75) is 74.7 Å². The van der Waals surface area contributed by atoms with Crippen LogP contribution in [0.1, 0.15) is 55.7 Å². The van der Waals surface area contributed by atoms with Crippen molar-refractivity contribution in [2.75, 3.05) is 20.1 Å². The predicted molar refractivity (Wildman–Crippen MR) is 144 cm³/mol. The quantitative estimate of drug-likeness (QED) is 0.486. The van der Waals surface area contributed by atoms with E-state index in [0.29, 0.717) is 24.5 Å². The third-order valence-electron chi connectivity index (χ3n) is 9.92. The van der Waals surface area contributed by atoms with Gasteiger partial charge in [-0.15, -0.1) is 0 Å². The van der Waals surface area contributed by atoms with Gasteiger partial charge in [0.2, 0.25) is 0 Å². The molecule has 0 aromatic heterocycles. The van der Waals surface area contributed by atoms with Crippen LogP contribution in [0.4, 0.5) is 0 Å². The average Bonchev–Trinajstić information content (AvgIpc) is 3.67. The number of phenolic OH excluding ortho intramolecular Hbond substituents is 1. The zero-order valence-corrected chi connectivity index (χ0v) is 22.5. The summed E-state index contributed by atoms with van der Waals surface area (Å²) in [5, 5.41) is 11.0. The van der Waals surface area contributed by atoms with Crippen LogP contribution in [0.3, 0.4) is 0 Å². The number of rotatable bonds is 4. The van der Waals surface area contributed by atoms with Crippen LogP contribution in [-0.2, 0) is 26.2 Å². The Labute approximate surface area is 229 Å². The van der Waals surface area contributed by atoms with E-state index in [1.54, 1.807) is 18.0 Å². The Morgan fingerprint density at radius 2 is 1.95 bits per heavy atom. The Morgan fingerprint density at radius 3 is 2.69 bits per heavy atom. The molecule has 7 rings (SSSR count). The lowest BCUT2D eigenvalue weighted by molar-refractivity contribution is -0.223. The van der Waals surface area contributed by atoms with Gasteiger partial charge in [0.25, 0.3) is 5.91 Å². The molecule has 202 valence electrons. The van der Waals surface area contributed by atoms with E-state index in [4.69, 9.17) is 9.47 Å². The molecule has 0 radical (unpaired) electrons. The number of ether oxygens (including phenoxy) is 2. The Bertz CT molecular complexity index is 1410. The minimum Gasteiger partial charge on any atom is -0.504 e. The number of carbonyl (C=O) groups excluding carboxylic acids is 2. The number of benzene rings is 2. The third kappa shape index (κ3) is 3.54. The van der Waals surface area contributed by atoms with Gasteiger partial charge < -0.3 is 19.5 Å². The number of esters is 1. The predicted octanol–water partition coefficient (Wildman–Crippen LogP) is 3.41. The number of likely N-dealkylation sites (N-methyl/N-ethyl adjacent to an activating group) is 1. The zero-order chi connectivity index (χ0) is 26.9. The van der Waals surface area contributed by atoms with Crippen molar-refractivity contribution >= 4 is 11.9 Å². The lowest BCUT2D eigenvalue weighted by Crippen LogP contribution is -2.79. The number of nitrogens with zero attached hydrogens (tertiary/aromatic N) is 2. The first-order valence-electron chi connectivity index (χ1n) is 14.1. The summed E-state index contributed by atoms with van der Waals surface area (Å²) in [5.41, 5.74) is 1.50. The summed E-state index contributed by atoms with van der Waals surface area (Å²) in [4.78, 5) is 30.4. The maximum atomic E-state index is 13.4. The molecule has 2 heterocycles. The van der Waals surface area contributed by atoms with Crippen LogP contribution in [0, 0.1) is 17.8 Å². The Kier molecular flexibility index (Phi) is 5.51. The molecule has 1 amide bonds. The molecule has 39 heavy (non-hydrogen) atoms. The first-order chi connectivity index (χ1) is 18.8. The van der Waals surface area contributed by atoms with Crippen molar-refractivity contribution in [3.05, 3.63) is 59.2 Å². The van der Waals surface area contributed by atoms with Crippen molar-refractivity contribution in [2.24, 2.45) is 5.92 Å². The summed E-state index contributed by atoms with van der Waals surface area (Å²) >= 11 is 0. The molecule has 2 aromatic carbocycles. The highest BCUT2D eigenvalue weighted by Crippen LogP contribution is 2.67. The smallest absolute Gasteiger partial charge is 0.303 e. The number of phenols is 1. The van der Waals surface area contributed by atoms with Gasteiger partial charge in [0.1, 0.15) is 11.7 Å². The molecule has 2 bridgehead atoms. The zero-order valence-electron chi connectivity index (χ0n) is 22.5. The number of piperidine rings is 1. The fourth-order valence-corrected chi connectivity index (χ4v) is 8.17. The molecule has 1 N–H and O–H groups in total. The molecule has 1 spiro atoms. The van der Waals surface area contributed by atoms with Gasteiger partial charge in [0.15, 0.2) is 11.5 Å². The molecular weight excluding hydrogens is 492 g/mol. The second-order valence-corrected chi connectivity index (χ2v) is 12.0. The topological polar surface area (TPSA) is 79.3 Å². The number of aromatic hydroxyl groups is 1. The van der Waals surface area contributed by atoms with Gasteiger partial charge in [-0.05, 0) is 74.8 Å². The summed E-state index contributed by atoms with van der Waals surface area (Å²) in [6.45, 7) is 3.39. The molecule has 5 atom stereocenters. The lowest BCUT2D eigenvalue weighted by atomic mass is 9.48. The van der Waals surface area contributed by atoms with E-state index in [9.17, 15) is 14.7 Å². The van der Waals surface area contributed by atoms with Crippen molar-refractivity contribution in [3.8, 4) is 23.3 Å². The molecule has 2 aliphatic heterocycles. The van der Waals surface area contributed by atoms with E-state index >= 15 is 0 Å². The highest BCUT2D eigenvalue weighted by Gasteiger charge is 2.75. The second-order valence-electron chi connectivity index (χ2n) is 12.0. The van der Waals surface area contributed by atoms with E-state index < -0.39 is 17.1 Å². The lowest BCUT2D eigenvalue weighted by Gasteiger charge is -2.65. The van der Waals surface area contributed by atoms with Gasteiger partial charge >= 0.3 is 5.97 Å². The van der Waals surface area contributed by atoms with Crippen LogP contribution in [0.5, 0.6) is 11.5 Å². The molecule has 3 aliphatic carbocycles. The summed E-state index contributed by atoms with van der Waals surface area (Å²) in [6, 6.07) is 13.0. The molecule has 5 aliphatic rings. The molecule has 2 aromatic rings. The van der Waals surface area contributed by atoms with E-state index in [1.807, 2.05) is 36.4 Å². The van der Waals surface area contributed by atoms with Gasteiger partial charge in [-0.25, -0.2) is 0 Å². The van der Waals surface area contributed by atoms with E-state index in [0.717, 1.165) is 42.6 Å². The van der Waals surface area contributed by atoms with Gasteiger partial charge in [-0.3, -0.25) is 14.5 Å². The third-order valence-corrected chi connectivity index (χ3v) is 9.92. The van der Waals surface area contributed by atoms with Gasteiger partial charge in [-0.1, -0.05) is 30.2 Å². The average molecular weight is 527 g/mol. The first-order valence-corrected chi connectivity index (χ1v) is 14.1. The van der Waals surface area contributed by atoms with Gasteiger partial charge in [0.05, 0.1) is 17.5 Å². The van der Waals surface area contributed by atoms with E-state index in [1.165, 1.54) is 19.8 Å². The highest BCUT2D eigenvalue weighted by atomic mass is 16.6. The summed E-state index contributed by atoms with van der Waals surface area (Å²) in [5.74, 6) is 6.54. The van der Waals surface area contributed by atoms with Crippen molar-refractivity contribution < 1.29 is 24.2 Å². The van der Waals surface area contributed by atoms with Gasteiger partial charge in [0, 0.05) is 37.6 Å². The number of likely N-dealkylation sites (tertiary alicyclic amines) is 1. The van der Waals surface area contributed by atoms with Crippen LogP contribution in [-0.4, -0.2) is 70.7 Å². The Hall–Kier alpha value is -3.50. The first kappa shape index (κ1) is 24.5. The molecule has 0 unspecified atom stereocenters. The van der Waals surface area contributed by atoms with E-state index in [-0.39, 0.29) is 29.7 Å². The Balaban J connectivity index is 1.32. The second kappa shape index (κ2) is 8.76. The van der Waals surface area contributed by atoms with Crippen molar-refractivity contribution in [1.82, 2.24) is 9.80 Å². The fraction of sp³-hybridized carbons (Fsp3) is 0.500. The summed E-state index contributed by atoms with van der Waals surface area (Å²) in [6.07, 6.45) is 4.80. The normalized spacial score (nSPS) is 31.8. The molecule has 7 nitrogen and oxygen atoms in total. The van der Waals surface area contributed by atoms with Crippen molar-refractivity contribution in [3.63, 3.8) is 0 Å². The standard InChI is InChI=1S/C32H34N2O5/c1-20(35)39-32-15-14-24(33(2)27(37)13-10-21-6-4-3-5-7-21)30-31(32)16-17-34(19-22-8-9-22)26(32)18-23-11-12-25(36)29(38-30)28(23)31/h3-7,11-12,22,24,26,30,36H,8-9,14-19H2,1-2H3/t24-,26+,30-,31-,32+/m0/s1. The number of hydrogen-bond donors (Lipinski definition) is 1. The van der Waals surface area contributed by atoms with Crippen LogP contribution in [0.2, 0.25) is 0 Å². The van der Waals surface area contributed by atoms with Crippen LogP contribution >= 0.6 is 0 Å². The summed E-state index contributed by atoms with van der Waals surface area (Å²) in [7, 11) is 1.79. The molecular formula is C32H34N2O5. The molecule has 3 fully saturated rings. The largest absolute Gasteiger partial charge is 0.504 e. The number of carbonyl (C=O) groups is 2. The molecule has 7 heteroatoms. The maximum Gasteiger partial charge on any atom is 0.303 e. The van der Waals surface area contributed by atoms with Crippen LogP contribution in [0.15, 0.2) is 42.5 Å². The Morgan fingerprint density at radius 1 is 1.15 bits per heavy atom. The number of amides is 1. The monoisotopic (exact) mass is 526 g/mol. The van der Waals surface area contributed by atoms with Crippen LogP contribution < -0.4 is 4.74 Å². The highest BCUT2D eigenvalue weighted by molar-refractivity contribution is 5.94.